The van der Waals surface area contributed by atoms with Gasteiger partial charge in [-0.3, -0.25) is 0 Å². The number of aryl methyl sites for hydroxylation is 1. The first kappa shape index (κ1) is 14.9. The van der Waals surface area contributed by atoms with Gasteiger partial charge in [-0.15, -0.1) is 0 Å². The summed E-state index contributed by atoms with van der Waals surface area (Å²) in [4.78, 5) is 13.0. The Bertz CT molecular complexity index is 577. The van der Waals surface area contributed by atoms with Crippen LogP contribution in [0.25, 0.3) is 0 Å². The minimum absolute atomic E-state index is 0.483. The van der Waals surface area contributed by atoms with Crippen LogP contribution in [0.3, 0.4) is 0 Å². The van der Waals surface area contributed by atoms with Gasteiger partial charge in [-0.1, -0.05) is 37.3 Å². The summed E-state index contributed by atoms with van der Waals surface area (Å²) in [6, 6.07) is 11.4. The molecule has 1 aromatic carbocycles. The van der Waals surface area contributed by atoms with Crippen molar-refractivity contribution >= 4 is 5.95 Å². The zero-order chi connectivity index (χ0) is 15.2. The largest absolute Gasteiger partial charge is 0.351 e. The highest BCUT2D eigenvalue weighted by Crippen LogP contribution is 2.33. The zero-order valence-electron chi connectivity index (χ0n) is 13.2. The molecule has 0 atom stereocenters. The molecule has 0 amide bonds. The van der Waals surface area contributed by atoms with Crippen LogP contribution in [-0.2, 0) is 6.42 Å². The number of nitrogens with zero attached hydrogens (tertiary/aromatic N) is 3. The predicted octanol–water partition coefficient (Wildman–Crippen LogP) is 3.96. The van der Waals surface area contributed by atoms with E-state index < -0.39 is 0 Å². The van der Waals surface area contributed by atoms with Crippen LogP contribution in [-0.4, -0.2) is 21.0 Å². The Labute approximate surface area is 132 Å². The molecule has 1 heterocycles. The molecule has 4 nitrogen and oxygen atoms in total. The Kier molecular flexibility index (Phi) is 4.99. The molecule has 0 spiro atoms. The van der Waals surface area contributed by atoms with E-state index in [0.29, 0.717) is 12.0 Å². The minimum Gasteiger partial charge on any atom is -0.351 e. The zero-order valence-corrected chi connectivity index (χ0v) is 13.2. The van der Waals surface area contributed by atoms with Crippen molar-refractivity contribution in [3.63, 3.8) is 0 Å². The van der Waals surface area contributed by atoms with E-state index in [0.717, 1.165) is 24.6 Å². The summed E-state index contributed by atoms with van der Waals surface area (Å²) in [6.45, 7) is 2.14. The molecule has 1 fully saturated rings. The van der Waals surface area contributed by atoms with Gasteiger partial charge < -0.3 is 5.32 Å². The number of benzene rings is 1. The second-order valence-electron chi connectivity index (χ2n) is 6.08. The number of anilines is 1. The van der Waals surface area contributed by atoms with Crippen molar-refractivity contribution in [3.05, 3.63) is 48.0 Å². The van der Waals surface area contributed by atoms with Gasteiger partial charge in [0.25, 0.3) is 0 Å². The lowest BCUT2D eigenvalue weighted by molar-refractivity contribution is 0.411. The van der Waals surface area contributed by atoms with Crippen LogP contribution in [0, 0.1) is 0 Å². The second kappa shape index (κ2) is 7.34. The predicted molar refractivity (Wildman–Crippen MR) is 88.9 cm³/mol. The smallest absolute Gasteiger partial charge is 0.226 e. The van der Waals surface area contributed by atoms with Gasteiger partial charge in [-0.25, -0.2) is 9.97 Å². The van der Waals surface area contributed by atoms with Crippen molar-refractivity contribution in [2.45, 2.75) is 57.4 Å². The highest BCUT2D eigenvalue weighted by molar-refractivity contribution is 5.26. The van der Waals surface area contributed by atoms with E-state index in [-0.39, 0.29) is 0 Å². The molecule has 0 saturated heterocycles. The van der Waals surface area contributed by atoms with Crippen molar-refractivity contribution in [2.24, 2.45) is 0 Å². The maximum Gasteiger partial charge on any atom is 0.226 e. The molecule has 1 aromatic heterocycles. The molecule has 0 radical (unpaired) electrons. The van der Waals surface area contributed by atoms with Crippen LogP contribution in [0.1, 0.15) is 56.3 Å². The summed E-state index contributed by atoms with van der Waals surface area (Å²) in [5.41, 5.74) is 1.48. The van der Waals surface area contributed by atoms with Crippen molar-refractivity contribution in [1.29, 1.82) is 0 Å². The molecular formula is C18H24N4. The SMILES string of the molecule is CCCc1ncnc(NC2CCC(c3ccccc3)CC2)n1. The normalized spacial score (nSPS) is 21.5. The van der Waals surface area contributed by atoms with Crippen LogP contribution in [0.2, 0.25) is 0 Å². The van der Waals surface area contributed by atoms with E-state index in [1.165, 1.54) is 31.2 Å². The van der Waals surface area contributed by atoms with E-state index in [1.54, 1.807) is 6.33 Å². The van der Waals surface area contributed by atoms with Gasteiger partial charge in [0.1, 0.15) is 12.2 Å². The maximum atomic E-state index is 4.50. The van der Waals surface area contributed by atoms with Crippen molar-refractivity contribution < 1.29 is 0 Å². The summed E-state index contributed by atoms with van der Waals surface area (Å²) in [5, 5.41) is 3.49. The lowest BCUT2D eigenvalue weighted by Gasteiger charge is -2.29. The van der Waals surface area contributed by atoms with Gasteiger partial charge in [-0.05, 0) is 43.6 Å². The molecule has 2 aromatic rings. The van der Waals surface area contributed by atoms with Gasteiger partial charge in [0.2, 0.25) is 5.95 Å². The molecule has 0 bridgehead atoms. The molecule has 0 unspecified atom stereocenters. The highest BCUT2D eigenvalue weighted by atomic mass is 15.2. The first-order valence-electron chi connectivity index (χ1n) is 8.34. The van der Waals surface area contributed by atoms with E-state index in [4.69, 9.17) is 0 Å². The molecular weight excluding hydrogens is 272 g/mol. The maximum absolute atomic E-state index is 4.50. The van der Waals surface area contributed by atoms with Crippen LogP contribution in [0.4, 0.5) is 5.95 Å². The average Bonchev–Trinajstić information content (AvgIpc) is 2.57. The van der Waals surface area contributed by atoms with Gasteiger partial charge in [0.05, 0.1) is 0 Å². The van der Waals surface area contributed by atoms with E-state index in [1.807, 2.05) is 0 Å². The molecule has 1 aliphatic carbocycles. The van der Waals surface area contributed by atoms with Crippen molar-refractivity contribution in [2.75, 3.05) is 5.32 Å². The van der Waals surface area contributed by atoms with Gasteiger partial charge in [0, 0.05) is 12.5 Å². The fourth-order valence-corrected chi connectivity index (χ4v) is 3.22. The number of hydrogen-bond acceptors (Lipinski definition) is 4. The Hall–Kier alpha value is -1.97. The number of aromatic nitrogens is 3. The van der Waals surface area contributed by atoms with Crippen LogP contribution in [0.5, 0.6) is 0 Å². The van der Waals surface area contributed by atoms with Gasteiger partial charge in [-0.2, -0.15) is 4.98 Å². The lowest BCUT2D eigenvalue weighted by atomic mass is 9.82. The molecule has 1 N–H and O–H groups in total. The number of nitrogens with one attached hydrogen (secondary N) is 1. The van der Waals surface area contributed by atoms with E-state index in [9.17, 15) is 0 Å². The third-order valence-corrected chi connectivity index (χ3v) is 4.43. The molecule has 3 rings (SSSR count). The summed E-state index contributed by atoms with van der Waals surface area (Å²) in [5.74, 6) is 2.33. The minimum atomic E-state index is 0.483. The fraction of sp³-hybridized carbons (Fsp3) is 0.500. The first-order chi connectivity index (χ1) is 10.8. The standard InChI is InChI=1S/C18H24N4/c1-2-6-17-19-13-20-18(22-17)21-16-11-9-15(10-12-16)14-7-4-3-5-8-14/h3-5,7-8,13,15-16H,2,6,9-12H2,1H3,(H,19,20,21,22). The Morgan fingerprint density at radius 2 is 1.82 bits per heavy atom. The molecule has 116 valence electrons. The third kappa shape index (κ3) is 3.81. The molecule has 1 aliphatic rings. The average molecular weight is 296 g/mol. The van der Waals surface area contributed by atoms with Crippen LogP contribution in [0.15, 0.2) is 36.7 Å². The summed E-state index contributed by atoms with van der Waals surface area (Å²) in [7, 11) is 0. The Morgan fingerprint density at radius 3 is 2.55 bits per heavy atom. The Balaban J connectivity index is 1.55. The van der Waals surface area contributed by atoms with Crippen molar-refractivity contribution in [1.82, 2.24) is 15.0 Å². The van der Waals surface area contributed by atoms with Gasteiger partial charge in [0.15, 0.2) is 0 Å². The van der Waals surface area contributed by atoms with E-state index >= 15 is 0 Å². The topological polar surface area (TPSA) is 50.7 Å². The Morgan fingerprint density at radius 1 is 1.05 bits per heavy atom. The van der Waals surface area contributed by atoms with Crippen molar-refractivity contribution in [3.8, 4) is 0 Å². The molecule has 4 heteroatoms. The molecule has 0 aliphatic heterocycles. The second-order valence-corrected chi connectivity index (χ2v) is 6.08. The summed E-state index contributed by atoms with van der Waals surface area (Å²) in [6.07, 6.45) is 8.41. The monoisotopic (exact) mass is 296 g/mol. The third-order valence-electron chi connectivity index (χ3n) is 4.43. The van der Waals surface area contributed by atoms with Crippen LogP contribution >= 0.6 is 0 Å². The number of rotatable bonds is 5. The lowest BCUT2D eigenvalue weighted by Crippen LogP contribution is -2.26. The first-order valence-corrected chi connectivity index (χ1v) is 8.34. The fourth-order valence-electron chi connectivity index (χ4n) is 3.22. The molecule has 1 saturated carbocycles. The molecule has 22 heavy (non-hydrogen) atoms. The van der Waals surface area contributed by atoms with Crippen LogP contribution < -0.4 is 5.32 Å². The summed E-state index contributed by atoms with van der Waals surface area (Å²) < 4.78 is 0. The quantitative estimate of drug-likeness (QED) is 0.907. The highest BCUT2D eigenvalue weighted by Gasteiger charge is 2.22. The van der Waals surface area contributed by atoms with Gasteiger partial charge >= 0.3 is 0 Å². The number of hydrogen-bond donors (Lipinski definition) is 1. The summed E-state index contributed by atoms with van der Waals surface area (Å²) >= 11 is 0. The van der Waals surface area contributed by atoms with E-state index in [2.05, 4.69) is 57.5 Å².